The molecule has 2 aliphatic heterocycles. The van der Waals surface area contributed by atoms with Crippen LogP contribution in [0.15, 0.2) is 12.7 Å². The molecule has 2 nitrogen and oxygen atoms in total. The monoisotopic (exact) mass is 222 g/mol. The van der Waals surface area contributed by atoms with Crippen molar-refractivity contribution in [2.24, 2.45) is 5.92 Å². The summed E-state index contributed by atoms with van der Waals surface area (Å²) in [5.74, 6) is 0.958. The lowest BCUT2D eigenvalue weighted by molar-refractivity contribution is 0.138. The van der Waals surface area contributed by atoms with Crippen molar-refractivity contribution in [2.45, 2.75) is 32.1 Å². The van der Waals surface area contributed by atoms with Gasteiger partial charge in [0.1, 0.15) is 0 Å². The predicted molar refractivity (Wildman–Crippen MR) is 69.7 cm³/mol. The summed E-state index contributed by atoms with van der Waals surface area (Å²) in [5, 5.41) is 0. The Hall–Kier alpha value is -0.340. The van der Waals surface area contributed by atoms with Gasteiger partial charge in [-0.05, 0) is 57.8 Å². The topological polar surface area (TPSA) is 6.48 Å². The molecular formula is C14H26N2. The maximum atomic E-state index is 3.82. The Morgan fingerprint density at radius 3 is 2.25 bits per heavy atom. The third-order valence-electron chi connectivity index (χ3n) is 4.06. The summed E-state index contributed by atoms with van der Waals surface area (Å²) in [5.41, 5.74) is 0. The molecule has 2 heteroatoms. The van der Waals surface area contributed by atoms with Crippen molar-refractivity contribution >= 4 is 0 Å². The van der Waals surface area contributed by atoms with Crippen LogP contribution in [-0.4, -0.2) is 49.1 Å². The van der Waals surface area contributed by atoms with Gasteiger partial charge in [0.2, 0.25) is 0 Å². The van der Waals surface area contributed by atoms with Crippen LogP contribution < -0.4 is 0 Å². The predicted octanol–water partition coefficient (Wildman–Crippen LogP) is 2.37. The van der Waals surface area contributed by atoms with Crippen molar-refractivity contribution in [2.75, 3.05) is 39.3 Å². The molecule has 0 bridgehead atoms. The summed E-state index contributed by atoms with van der Waals surface area (Å²) in [7, 11) is 0. The molecule has 0 aromatic carbocycles. The van der Waals surface area contributed by atoms with Gasteiger partial charge in [-0.1, -0.05) is 12.5 Å². The SMILES string of the molecule is C=CCN1CCC(CN2CCCCC2)CC1. The van der Waals surface area contributed by atoms with Gasteiger partial charge in [0, 0.05) is 13.1 Å². The molecule has 0 radical (unpaired) electrons. The average Bonchev–Trinajstić information content (AvgIpc) is 2.33. The molecule has 0 aromatic rings. The molecule has 0 N–H and O–H groups in total. The average molecular weight is 222 g/mol. The smallest absolute Gasteiger partial charge is 0.0160 e. The standard InChI is InChI=1S/C14H26N2/c1-2-8-15-11-6-14(7-12-15)13-16-9-4-3-5-10-16/h2,14H,1,3-13H2. The van der Waals surface area contributed by atoms with E-state index in [0.29, 0.717) is 0 Å². The van der Waals surface area contributed by atoms with E-state index in [1.807, 2.05) is 6.08 Å². The van der Waals surface area contributed by atoms with Crippen LogP contribution in [0, 0.1) is 5.92 Å². The van der Waals surface area contributed by atoms with Crippen LogP contribution in [0.4, 0.5) is 0 Å². The van der Waals surface area contributed by atoms with Crippen LogP contribution in [-0.2, 0) is 0 Å². The molecule has 0 atom stereocenters. The van der Waals surface area contributed by atoms with Crippen molar-refractivity contribution in [1.82, 2.24) is 9.80 Å². The number of rotatable bonds is 4. The maximum Gasteiger partial charge on any atom is 0.0160 e. The third-order valence-corrected chi connectivity index (χ3v) is 4.06. The van der Waals surface area contributed by atoms with E-state index in [0.717, 1.165) is 12.5 Å². The van der Waals surface area contributed by atoms with Crippen LogP contribution in [0.3, 0.4) is 0 Å². The second-order valence-corrected chi connectivity index (χ2v) is 5.39. The molecule has 0 aromatic heterocycles. The van der Waals surface area contributed by atoms with Crippen LogP contribution in [0.5, 0.6) is 0 Å². The molecule has 2 saturated heterocycles. The summed E-state index contributed by atoms with van der Waals surface area (Å²) in [6.45, 7) is 11.5. The number of hydrogen-bond acceptors (Lipinski definition) is 2. The van der Waals surface area contributed by atoms with Crippen molar-refractivity contribution < 1.29 is 0 Å². The molecular weight excluding hydrogens is 196 g/mol. The molecule has 2 heterocycles. The highest BCUT2D eigenvalue weighted by atomic mass is 15.1. The molecule has 0 saturated carbocycles. The van der Waals surface area contributed by atoms with Crippen molar-refractivity contribution in [1.29, 1.82) is 0 Å². The van der Waals surface area contributed by atoms with Crippen LogP contribution in [0.25, 0.3) is 0 Å². The van der Waals surface area contributed by atoms with E-state index < -0.39 is 0 Å². The minimum atomic E-state index is 0.958. The van der Waals surface area contributed by atoms with Gasteiger partial charge < -0.3 is 4.90 Å². The third kappa shape index (κ3) is 3.60. The van der Waals surface area contributed by atoms with Gasteiger partial charge in [-0.25, -0.2) is 0 Å². The van der Waals surface area contributed by atoms with Gasteiger partial charge >= 0.3 is 0 Å². The quantitative estimate of drug-likeness (QED) is 0.674. The zero-order valence-electron chi connectivity index (χ0n) is 10.5. The minimum Gasteiger partial charge on any atom is -0.303 e. The molecule has 2 aliphatic rings. The Morgan fingerprint density at radius 2 is 1.62 bits per heavy atom. The van der Waals surface area contributed by atoms with Crippen molar-refractivity contribution in [3.8, 4) is 0 Å². The van der Waals surface area contributed by atoms with Crippen molar-refractivity contribution in [3.05, 3.63) is 12.7 Å². The Bertz CT molecular complexity index is 201. The second-order valence-electron chi connectivity index (χ2n) is 5.39. The van der Waals surface area contributed by atoms with Crippen LogP contribution in [0.1, 0.15) is 32.1 Å². The zero-order valence-corrected chi connectivity index (χ0v) is 10.5. The number of hydrogen-bond donors (Lipinski definition) is 0. The summed E-state index contributed by atoms with van der Waals surface area (Å²) >= 11 is 0. The number of likely N-dealkylation sites (tertiary alicyclic amines) is 2. The Labute approximate surface area is 100 Å². The number of piperidine rings is 2. The van der Waals surface area contributed by atoms with Gasteiger partial charge in [0.15, 0.2) is 0 Å². The minimum absolute atomic E-state index is 0.958. The molecule has 2 rings (SSSR count). The highest BCUT2D eigenvalue weighted by Gasteiger charge is 2.21. The summed E-state index contributed by atoms with van der Waals surface area (Å²) < 4.78 is 0. The van der Waals surface area contributed by atoms with Gasteiger partial charge in [-0.2, -0.15) is 0 Å². The van der Waals surface area contributed by atoms with E-state index in [1.54, 1.807) is 0 Å². The first-order valence-corrected chi connectivity index (χ1v) is 6.94. The highest BCUT2D eigenvalue weighted by molar-refractivity contribution is 4.80. The Morgan fingerprint density at radius 1 is 0.938 bits per heavy atom. The van der Waals surface area contributed by atoms with Gasteiger partial charge in [0.05, 0.1) is 0 Å². The van der Waals surface area contributed by atoms with Crippen LogP contribution in [0.2, 0.25) is 0 Å². The molecule has 0 unspecified atom stereocenters. The maximum absolute atomic E-state index is 3.82. The largest absolute Gasteiger partial charge is 0.303 e. The van der Waals surface area contributed by atoms with E-state index in [4.69, 9.17) is 0 Å². The summed E-state index contributed by atoms with van der Waals surface area (Å²) in [4.78, 5) is 5.22. The lowest BCUT2D eigenvalue weighted by atomic mass is 9.95. The fraction of sp³-hybridized carbons (Fsp3) is 0.857. The second kappa shape index (κ2) is 6.41. The lowest BCUT2D eigenvalue weighted by Gasteiger charge is -2.35. The first-order valence-electron chi connectivity index (χ1n) is 6.94. The Kier molecular flexibility index (Phi) is 4.86. The first kappa shape index (κ1) is 12.1. The van der Waals surface area contributed by atoms with Crippen LogP contribution >= 0.6 is 0 Å². The van der Waals surface area contributed by atoms with E-state index >= 15 is 0 Å². The fourth-order valence-electron chi connectivity index (χ4n) is 3.04. The van der Waals surface area contributed by atoms with E-state index in [9.17, 15) is 0 Å². The van der Waals surface area contributed by atoms with E-state index in [2.05, 4.69) is 16.4 Å². The zero-order chi connectivity index (χ0) is 11.2. The van der Waals surface area contributed by atoms with Gasteiger partial charge in [-0.3, -0.25) is 4.90 Å². The van der Waals surface area contributed by atoms with Crippen molar-refractivity contribution in [3.63, 3.8) is 0 Å². The van der Waals surface area contributed by atoms with Gasteiger partial charge in [-0.15, -0.1) is 6.58 Å². The molecule has 0 aliphatic carbocycles. The molecule has 0 amide bonds. The van der Waals surface area contributed by atoms with E-state index in [-0.39, 0.29) is 0 Å². The fourth-order valence-corrected chi connectivity index (χ4v) is 3.04. The van der Waals surface area contributed by atoms with Gasteiger partial charge in [0.25, 0.3) is 0 Å². The normalized spacial score (nSPS) is 25.8. The highest BCUT2D eigenvalue weighted by Crippen LogP contribution is 2.20. The molecule has 92 valence electrons. The first-order chi connectivity index (χ1) is 7.88. The Balaban J connectivity index is 1.66. The molecule has 2 fully saturated rings. The molecule has 0 spiro atoms. The van der Waals surface area contributed by atoms with E-state index in [1.165, 1.54) is 64.8 Å². The summed E-state index contributed by atoms with van der Waals surface area (Å²) in [6, 6.07) is 0. The number of nitrogens with zero attached hydrogens (tertiary/aromatic N) is 2. The summed E-state index contributed by atoms with van der Waals surface area (Å²) in [6.07, 6.45) is 9.12. The molecule has 16 heavy (non-hydrogen) atoms. The lowest BCUT2D eigenvalue weighted by Crippen LogP contribution is -2.40.